The van der Waals surface area contributed by atoms with Gasteiger partial charge in [0, 0.05) is 29.3 Å². The van der Waals surface area contributed by atoms with Crippen molar-refractivity contribution < 1.29 is 15.0 Å². The smallest absolute Gasteiger partial charge is 0.225 e. The summed E-state index contributed by atoms with van der Waals surface area (Å²) in [6.45, 7) is 4.36. The molecule has 2 aliphatic carbocycles. The van der Waals surface area contributed by atoms with E-state index in [2.05, 4.69) is 27.9 Å². The minimum Gasteiger partial charge on any atom is -0.390 e. The molecule has 3 aromatic rings. The Morgan fingerprint density at radius 2 is 1.94 bits per heavy atom. The number of nitrogens with one attached hydrogen (secondary N) is 2. The monoisotopic (exact) mass is 531 g/mol. The van der Waals surface area contributed by atoms with E-state index < -0.39 is 24.2 Å². The Hall–Kier alpha value is -2.47. The molecule has 192 valence electrons. The number of aliphatic hydroxyl groups excluding tert-OH is 2. The van der Waals surface area contributed by atoms with E-state index in [4.69, 9.17) is 21.6 Å². The van der Waals surface area contributed by atoms with Gasteiger partial charge in [0.15, 0.2) is 22.1 Å². The second-order valence-corrected chi connectivity index (χ2v) is 10.8. The highest BCUT2D eigenvalue weighted by molar-refractivity contribution is 7.99. The molecule has 6 unspecified atom stereocenters. The second kappa shape index (κ2) is 10.5. The Kier molecular flexibility index (Phi) is 7.34. The van der Waals surface area contributed by atoms with Gasteiger partial charge in [-0.15, -0.1) is 5.10 Å². The van der Waals surface area contributed by atoms with Gasteiger partial charge < -0.3 is 20.8 Å². The molecule has 0 aliphatic heterocycles. The van der Waals surface area contributed by atoms with Gasteiger partial charge in [-0.25, -0.2) is 14.6 Å². The summed E-state index contributed by atoms with van der Waals surface area (Å²) in [5.74, 6) is 0.782. The first-order valence-corrected chi connectivity index (χ1v) is 13.7. The molecule has 36 heavy (non-hydrogen) atoms. The zero-order valence-corrected chi connectivity index (χ0v) is 21.7. The summed E-state index contributed by atoms with van der Waals surface area (Å²) in [6.07, 6.45) is -0.201. The molecule has 2 aliphatic rings. The highest BCUT2D eigenvalue weighted by atomic mass is 35.5. The molecular formula is C24H30ClN7O3S. The highest BCUT2D eigenvalue weighted by Crippen LogP contribution is 2.44. The maximum atomic E-state index is 12.4. The fraction of sp³-hybridized carbons (Fsp3) is 0.542. The van der Waals surface area contributed by atoms with Gasteiger partial charge in [0.2, 0.25) is 5.91 Å². The molecule has 5 rings (SSSR count). The van der Waals surface area contributed by atoms with E-state index in [-0.39, 0.29) is 18.4 Å². The number of hydrogen-bond donors (Lipinski definition) is 4. The first-order valence-electron chi connectivity index (χ1n) is 12.3. The second-order valence-electron chi connectivity index (χ2n) is 9.34. The van der Waals surface area contributed by atoms with Crippen LogP contribution in [0.5, 0.6) is 0 Å². The molecule has 2 aromatic heterocycles. The summed E-state index contributed by atoms with van der Waals surface area (Å²) in [6, 6.07) is 7.44. The van der Waals surface area contributed by atoms with Gasteiger partial charge in [-0.1, -0.05) is 47.6 Å². The van der Waals surface area contributed by atoms with Crippen molar-refractivity contribution in [2.24, 2.45) is 5.92 Å². The third kappa shape index (κ3) is 4.89. The van der Waals surface area contributed by atoms with E-state index in [1.54, 1.807) is 11.8 Å². The number of benzene rings is 1. The number of carbonyl (C=O) groups is 1. The van der Waals surface area contributed by atoms with Gasteiger partial charge in [-0.05, 0) is 43.9 Å². The summed E-state index contributed by atoms with van der Waals surface area (Å²) < 4.78 is 1.54. The van der Waals surface area contributed by atoms with E-state index in [1.165, 1.54) is 10.2 Å². The van der Waals surface area contributed by atoms with E-state index in [0.29, 0.717) is 39.6 Å². The molecule has 0 spiro atoms. The predicted molar refractivity (Wildman–Crippen MR) is 138 cm³/mol. The molecule has 2 fully saturated rings. The number of rotatable bonds is 9. The largest absolute Gasteiger partial charge is 0.390 e. The van der Waals surface area contributed by atoms with Crippen molar-refractivity contribution >= 4 is 46.3 Å². The van der Waals surface area contributed by atoms with Crippen molar-refractivity contribution in [3.8, 4) is 0 Å². The van der Waals surface area contributed by atoms with Crippen LogP contribution in [-0.4, -0.2) is 71.6 Å². The van der Waals surface area contributed by atoms with Gasteiger partial charge in [0.25, 0.3) is 0 Å². The van der Waals surface area contributed by atoms with Gasteiger partial charge in [-0.2, -0.15) is 0 Å². The summed E-state index contributed by atoms with van der Waals surface area (Å²) in [5, 5.41) is 37.6. The maximum absolute atomic E-state index is 12.4. The number of anilines is 1. The van der Waals surface area contributed by atoms with Gasteiger partial charge >= 0.3 is 0 Å². The van der Waals surface area contributed by atoms with Crippen LogP contribution in [-0.2, 0) is 4.79 Å². The number of hydrogen-bond acceptors (Lipinski definition) is 9. The van der Waals surface area contributed by atoms with Crippen LogP contribution in [0.15, 0.2) is 29.4 Å². The molecule has 2 heterocycles. The van der Waals surface area contributed by atoms with Gasteiger partial charge in [0.05, 0.1) is 18.1 Å². The van der Waals surface area contributed by atoms with E-state index in [1.807, 2.05) is 31.2 Å². The lowest BCUT2D eigenvalue weighted by Gasteiger charge is -2.17. The molecule has 10 nitrogen and oxygen atoms in total. The average molecular weight is 532 g/mol. The summed E-state index contributed by atoms with van der Waals surface area (Å²) in [4.78, 5) is 21.9. The Balaban J connectivity index is 1.44. The summed E-state index contributed by atoms with van der Waals surface area (Å²) >= 11 is 7.58. The number of carbonyl (C=O) groups excluding carboxylic acids is 1. The lowest BCUT2D eigenvalue weighted by molar-refractivity contribution is -0.128. The Labute approximate surface area is 218 Å². The topological polar surface area (TPSA) is 138 Å². The number of aromatic nitrogens is 5. The van der Waals surface area contributed by atoms with Crippen LogP contribution in [0.3, 0.4) is 0 Å². The minimum atomic E-state index is -1.19. The Bertz CT molecular complexity index is 1240. The first-order chi connectivity index (χ1) is 17.4. The molecule has 6 atom stereocenters. The van der Waals surface area contributed by atoms with Crippen LogP contribution in [0.1, 0.15) is 50.6 Å². The molecule has 0 saturated heterocycles. The third-order valence-corrected chi connectivity index (χ3v) is 8.11. The van der Waals surface area contributed by atoms with Crippen LogP contribution in [0, 0.1) is 5.92 Å². The van der Waals surface area contributed by atoms with Crippen LogP contribution in [0.2, 0.25) is 5.02 Å². The first kappa shape index (κ1) is 25.2. The van der Waals surface area contributed by atoms with Crippen LogP contribution < -0.4 is 10.6 Å². The van der Waals surface area contributed by atoms with E-state index in [0.717, 1.165) is 18.6 Å². The van der Waals surface area contributed by atoms with Crippen molar-refractivity contribution in [3.05, 3.63) is 34.9 Å². The Morgan fingerprint density at radius 3 is 2.67 bits per heavy atom. The van der Waals surface area contributed by atoms with Crippen LogP contribution in [0.25, 0.3) is 11.2 Å². The maximum Gasteiger partial charge on any atom is 0.225 e. The standard InChI is InChI=1S/C24H30ClN7O3S/c1-3-9-36-24-28-21(27-16-10-14(16)12-5-7-13(25)8-6-12)18-22(29-24)32(31-30-18)17-11-15(19(33)20(17)34)23(35)26-4-2/h5-8,14-17,19-20,33-34H,3-4,9-11H2,1-2H3,(H,26,35)(H,27,28,29). The van der Waals surface area contributed by atoms with Gasteiger partial charge in [-0.3, -0.25) is 4.79 Å². The van der Waals surface area contributed by atoms with Crippen molar-refractivity contribution in [3.63, 3.8) is 0 Å². The SMILES string of the molecule is CCCSc1nc(NC2CC2c2ccc(Cl)cc2)c2nnn(C3CC(C(=O)NCC)C(O)C3O)c2n1. The number of nitrogens with zero attached hydrogens (tertiary/aromatic N) is 5. The molecule has 12 heteroatoms. The number of halogens is 1. The third-order valence-electron chi connectivity index (χ3n) is 6.80. The molecule has 1 aromatic carbocycles. The molecular weight excluding hydrogens is 502 g/mol. The van der Waals surface area contributed by atoms with E-state index in [9.17, 15) is 15.0 Å². The quantitative estimate of drug-likeness (QED) is 0.242. The minimum absolute atomic E-state index is 0.194. The van der Waals surface area contributed by atoms with Crippen LogP contribution >= 0.6 is 23.4 Å². The zero-order chi connectivity index (χ0) is 25.4. The fourth-order valence-corrected chi connectivity index (χ4v) is 5.64. The van der Waals surface area contributed by atoms with Crippen molar-refractivity contribution in [2.45, 2.75) is 68.5 Å². The highest BCUT2D eigenvalue weighted by Gasteiger charge is 2.47. The number of thioether (sulfide) groups is 1. The molecule has 0 bridgehead atoms. The lowest BCUT2D eigenvalue weighted by atomic mass is 10.0. The Morgan fingerprint density at radius 1 is 1.17 bits per heavy atom. The van der Waals surface area contributed by atoms with Crippen LogP contribution in [0.4, 0.5) is 5.82 Å². The summed E-state index contributed by atoms with van der Waals surface area (Å²) in [7, 11) is 0. The predicted octanol–water partition coefficient (Wildman–Crippen LogP) is 2.76. The van der Waals surface area contributed by atoms with Crippen molar-refractivity contribution in [1.29, 1.82) is 0 Å². The number of aliphatic hydroxyl groups is 2. The zero-order valence-electron chi connectivity index (χ0n) is 20.1. The van der Waals surface area contributed by atoms with E-state index >= 15 is 0 Å². The molecule has 1 amide bonds. The summed E-state index contributed by atoms with van der Waals surface area (Å²) in [5.41, 5.74) is 2.19. The molecule has 0 radical (unpaired) electrons. The van der Waals surface area contributed by atoms with Crippen molar-refractivity contribution in [1.82, 2.24) is 30.3 Å². The normalized spacial score (nSPS) is 27.4. The number of fused-ring (bicyclic) bond motifs is 1. The average Bonchev–Trinajstić information content (AvgIpc) is 3.40. The van der Waals surface area contributed by atoms with Crippen molar-refractivity contribution in [2.75, 3.05) is 17.6 Å². The molecule has 2 saturated carbocycles. The van der Waals surface area contributed by atoms with Gasteiger partial charge in [0.1, 0.15) is 6.10 Å². The number of amides is 1. The fourth-order valence-electron chi connectivity index (χ4n) is 4.82. The molecule has 4 N–H and O–H groups in total. The lowest BCUT2D eigenvalue weighted by Crippen LogP contribution is -2.38.